The standard InChI is InChI=1S/C26H27N3O5S/c1-14(23(30)29(4)24-22(25(31)32)16(3)28-35-24)15(2)27-26(33)34-13-21-19-11-7-5-9-17(19)18-10-6-8-12-20(18)21/h5-12,14-15,21H,13H2,1-4H3,(H,27,33)(H,31,32). The largest absolute Gasteiger partial charge is 0.478 e. The molecule has 1 aromatic heterocycles. The van der Waals surface area contributed by atoms with Gasteiger partial charge in [0.2, 0.25) is 5.91 Å². The number of carbonyl (C=O) groups excluding carboxylic acids is 2. The summed E-state index contributed by atoms with van der Waals surface area (Å²) in [5.74, 6) is -2.15. The van der Waals surface area contributed by atoms with Crippen molar-refractivity contribution >= 4 is 34.5 Å². The van der Waals surface area contributed by atoms with Gasteiger partial charge in [-0.1, -0.05) is 55.5 Å². The minimum absolute atomic E-state index is 0.00944. The zero-order valence-corrected chi connectivity index (χ0v) is 20.8. The van der Waals surface area contributed by atoms with Crippen LogP contribution in [0.2, 0.25) is 0 Å². The second-order valence-electron chi connectivity index (χ2n) is 8.70. The van der Waals surface area contributed by atoms with E-state index >= 15 is 0 Å². The highest BCUT2D eigenvalue weighted by molar-refractivity contribution is 7.11. The fourth-order valence-corrected chi connectivity index (χ4v) is 5.26. The van der Waals surface area contributed by atoms with E-state index in [1.165, 1.54) is 11.9 Å². The van der Waals surface area contributed by atoms with Gasteiger partial charge in [0.25, 0.3) is 0 Å². The molecule has 0 bridgehead atoms. The molecular formula is C26H27N3O5S. The highest BCUT2D eigenvalue weighted by atomic mass is 32.1. The molecule has 9 heteroatoms. The van der Waals surface area contributed by atoms with E-state index in [1.807, 2.05) is 36.4 Å². The van der Waals surface area contributed by atoms with Crippen molar-refractivity contribution in [1.29, 1.82) is 0 Å². The molecule has 1 heterocycles. The summed E-state index contributed by atoms with van der Waals surface area (Å²) >= 11 is 0.957. The predicted molar refractivity (Wildman–Crippen MR) is 134 cm³/mol. The number of amides is 2. The van der Waals surface area contributed by atoms with Gasteiger partial charge in [0, 0.05) is 19.0 Å². The summed E-state index contributed by atoms with van der Waals surface area (Å²) in [6.45, 7) is 5.17. The Morgan fingerprint density at radius 3 is 2.23 bits per heavy atom. The summed E-state index contributed by atoms with van der Waals surface area (Å²) in [5.41, 5.74) is 4.89. The predicted octanol–water partition coefficient (Wildman–Crippen LogP) is 4.68. The lowest BCUT2D eigenvalue weighted by Gasteiger charge is -2.25. The zero-order valence-electron chi connectivity index (χ0n) is 19.9. The van der Waals surface area contributed by atoms with Crippen molar-refractivity contribution in [1.82, 2.24) is 9.69 Å². The van der Waals surface area contributed by atoms with Crippen molar-refractivity contribution in [2.24, 2.45) is 5.92 Å². The first-order chi connectivity index (χ1) is 16.7. The van der Waals surface area contributed by atoms with Gasteiger partial charge in [-0.25, -0.2) is 9.59 Å². The summed E-state index contributed by atoms with van der Waals surface area (Å²) in [6.07, 6.45) is -0.610. The average molecular weight is 494 g/mol. The van der Waals surface area contributed by atoms with Gasteiger partial charge in [-0.2, -0.15) is 4.37 Å². The van der Waals surface area contributed by atoms with Crippen molar-refractivity contribution < 1.29 is 24.2 Å². The van der Waals surface area contributed by atoms with Crippen LogP contribution in [-0.4, -0.2) is 47.1 Å². The number of nitrogens with one attached hydrogen (secondary N) is 1. The minimum atomic E-state index is -1.14. The summed E-state index contributed by atoms with van der Waals surface area (Å²) < 4.78 is 9.64. The molecule has 2 N–H and O–H groups in total. The average Bonchev–Trinajstić information content (AvgIpc) is 3.39. The number of aromatic carboxylic acids is 1. The summed E-state index contributed by atoms with van der Waals surface area (Å²) in [4.78, 5) is 38.5. The number of nitrogens with zero attached hydrogens (tertiary/aromatic N) is 2. The number of benzene rings is 2. The van der Waals surface area contributed by atoms with Crippen LogP contribution in [0.5, 0.6) is 0 Å². The monoisotopic (exact) mass is 493 g/mol. The summed E-state index contributed by atoms with van der Waals surface area (Å²) in [5, 5.41) is 12.5. The van der Waals surface area contributed by atoms with Gasteiger partial charge in [-0.15, -0.1) is 0 Å². The Morgan fingerprint density at radius 2 is 1.66 bits per heavy atom. The van der Waals surface area contributed by atoms with Crippen LogP contribution >= 0.6 is 11.5 Å². The van der Waals surface area contributed by atoms with Gasteiger partial charge >= 0.3 is 12.1 Å². The lowest BCUT2D eigenvalue weighted by molar-refractivity contribution is -0.122. The Morgan fingerprint density at radius 1 is 1.09 bits per heavy atom. The van der Waals surface area contributed by atoms with E-state index in [4.69, 9.17) is 4.74 Å². The number of alkyl carbamates (subject to hydrolysis) is 1. The number of anilines is 1. The maximum absolute atomic E-state index is 13.0. The molecule has 2 aromatic carbocycles. The normalized spacial score (nSPS) is 13.9. The van der Waals surface area contributed by atoms with Crippen LogP contribution < -0.4 is 10.2 Å². The van der Waals surface area contributed by atoms with Gasteiger partial charge < -0.3 is 20.1 Å². The molecule has 3 aromatic rings. The molecule has 35 heavy (non-hydrogen) atoms. The van der Waals surface area contributed by atoms with E-state index < -0.39 is 24.0 Å². The number of ether oxygens (including phenoxy) is 1. The van der Waals surface area contributed by atoms with Crippen molar-refractivity contribution in [2.75, 3.05) is 18.6 Å². The molecule has 8 nitrogen and oxygen atoms in total. The molecule has 1 aliphatic carbocycles. The maximum Gasteiger partial charge on any atom is 0.407 e. The molecule has 0 fully saturated rings. The first-order valence-corrected chi connectivity index (χ1v) is 12.1. The van der Waals surface area contributed by atoms with Crippen LogP contribution in [0.4, 0.5) is 9.80 Å². The molecule has 2 amide bonds. The van der Waals surface area contributed by atoms with Crippen LogP contribution in [0.1, 0.15) is 46.9 Å². The Labute approximate surface area is 207 Å². The molecule has 2 unspecified atom stereocenters. The first-order valence-electron chi connectivity index (χ1n) is 11.3. The van der Waals surface area contributed by atoms with Crippen molar-refractivity contribution in [3.8, 4) is 11.1 Å². The quantitative estimate of drug-likeness (QED) is 0.495. The highest BCUT2D eigenvalue weighted by Crippen LogP contribution is 2.44. The van der Waals surface area contributed by atoms with Crippen LogP contribution in [0.25, 0.3) is 11.1 Å². The van der Waals surface area contributed by atoms with Gasteiger partial charge in [-0.3, -0.25) is 4.79 Å². The van der Waals surface area contributed by atoms with Gasteiger partial charge in [0.15, 0.2) is 0 Å². The molecule has 0 spiro atoms. The number of carboxylic acid groups (broad SMARTS) is 1. The van der Waals surface area contributed by atoms with Crippen molar-refractivity contribution in [2.45, 2.75) is 32.7 Å². The van der Waals surface area contributed by atoms with Crippen molar-refractivity contribution in [3.63, 3.8) is 0 Å². The van der Waals surface area contributed by atoms with Crippen LogP contribution in [0, 0.1) is 12.8 Å². The number of carbonyl (C=O) groups is 3. The maximum atomic E-state index is 13.0. The van der Waals surface area contributed by atoms with Crippen LogP contribution in [0.15, 0.2) is 48.5 Å². The molecule has 0 saturated heterocycles. The topological polar surface area (TPSA) is 109 Å². The molecule has 182 valence electrons. The van der Waals surface area contributed by atoms with E-state index in [9.17, 15) is 19.5 Å². The number of rotatable bonds is 7. The smallest absolute Gasteiger partial charge is 0.407 e. The molecule has 2 atom stereocenters. The molecule has 0 aliphatic heterocycles. The fraction of sp³-hybridized carbons (Fsp3) is 0.308. The Hall–Kier alpha value is -3.72. The van der Waals surface area contributed by atoms with Gasteiger partial charge in [0.05, 0.1) is 11.6 Å². The molecule has 0 saturated carbocycles. The lowest BCUT2D eigenvalue weighted by Crippen LogP contribution is -2.45. The summed E-state index contributed by atoms with van der Waals surface area (Å²) in [6, 6.07) is 15.6. The first kappa shape index (κ1) is 24.4. The Balaban J connectivity index is 1.38. The van der Waals surface area contributed by atoms with E-state index in [0.717, 1.165) is 33.8 Å². The number of aromatic nitrogens is 1. The molecule has 1 aliphatic rings. The van der Waals surface area contributed by atoms with Crippen LogP contribution in [-0.2, 0) is 9.53 Å². The number of hydrogen-bond acceptors (Lipinski definition) is 6. The third kappa shape index (κ3) is 4.64. The SMILES string of the molecule is Cc1nsc(N(C)C(=O)C(C)C(C)NC(=O)OCC2c3ccccc3-c3ccccc32)c1C(=O)O. The van der Waals surface area contributed by atoms with E-state index in [0.29, 0.717) is 5.69 Å². The van der Waals surface area contributed by atoms with E-state index in [2.05, 4.69) is 21.8 Å². The minimum Gasteiger partial charge on any atom is -0.478 e. The Bertz CT molecular complexity index is 1240. The lowest BCUT2D eigenvalue weighted by atomic mass is 9.98. The van der Waals surface area contributed by atoms with Gasteiger partial charge in [0.1, 0.15) is 17.2 Å². The van der Waals surface area contributed by atoms with E-state index in [-0.39, 0.29) is 29.0 Å². The summed E-state index contributed by atoms with van der Waals surface area (Å²) in [7, 11) is 1.51. The molecule has 4 rings (SSSR count). The number of hydrogen-bond donors (Lipinski definition) is 2. The van der Waals surface area contributed by atoms with Crippen molar-refractivity contribution in [3.05, 3.63) is 70.9 Å². The number of fused-ring (bicyclic) bond motifs is 3. The number of aryl methyl sites for hydroxylation is 1. The zero-order chi connectivity index (χ0) is 25.3. The van der Waals surface area contributed by atoms with E-state index in [1.54, 1.807) is 20.8 Å². The molecule has 0 radical (unpaired) electrons. The highest BCUT2D eigenvalue weighted by Gasteiger charge is 2.31. The van der Waals surface area contributed by atoms with Crippen LogP contribution in [0.3, 0.4) is 0 Å². The number of carboxylic acids is 1. The third-order valence-electron chi connectivity index (χ3n) is 6.52. The molecular weight excluding hydrogens is 466 g/mol. The van der Waals surface area contributed by atoms with Gasteiger partial charge in [-0.05, 0) is 47.6 Å². The second kappa shape index (κ2) is 9.87. The fourth-order valence-electron chi connectivity index (χ4n) is 4.40. The third-order valence-corrected chi connectivity index (χ3v) is 7.54. The second-order valence-corrected chi connectivity index (χ2v) is 9.45. The Kier molecular flexibility index (Phi) is 6.88.